The van der Waals surface area contributed by atoms with E-state index in [1.807, 2.05) is 70.5 Å². The molecule has 3 aromatic rings. The van der Waals surface area contributed by atoms with Crippen molar-refractivity contribution >= 4 is 29.2 Å². The van der Waals surface area contributed by atoms with Crippen LogP contribution in [0.3, 0.4) is 0 Å². The van der Waals surface area contributed by atoms with Crippen LogP contribution in [0, 0.1) is 0 Å². The molecule has 0 saturated carbocycles. The average Bonchev–Trinajstić information content (AvgIpc) is 3.27. The van der Waals surface area contributed by atoms with Gasteiger partial charge >= 0.3 is 6.03 Å². The van der Waals surface area contributed by atoms with Crippen LogP contribution in [-0.2, 0) is 19.6 Å². The summed E-state index contributed by atoms with van der Waals surface area (Å²) < 4.78 is 0. The van der Waals surface area contributed by atoms with E-state index in [0.717, 1.165) is 30.6 Å². The molecule has 5 nitrogen and oxygen atoms in total. The van der Waals surface area contributed by atoms with Crippen LogP contribution < -0.4 is 5.32 Å². The van der Waals surface area contributed by atoms with E-state index in [-0.39, 0.29) is 12.1 Å². The lowest BCUT2D eigenvalue weighted by Gasteiger charge is -2.29. The summed E-state index contributed by atoms with van der Waals surface area (Å²) in [4.78, 5) is 21.3. The lowest BCUT2D eigenvalue weighted by atomic mass is 10.1. The number of carbonyl (C=O) groups is 1. The molecule has 7 heteroatoms. The van der Waals surface area contributed by atoms with E-state index in [2.05, 4.69) is 10.3 Å². The van der Waals surface area contributed by atoms with Crippen molar-refractivity contribution in [3.8, 4) is 0 Å². The Labute approximate surface area is 199 Å². The number of hydrogen-bond acceptors (Lipinski definition) is 3. The van der Waals surface area contributed by atoms with Gasteiger partial charge in [0.15, 0.2) is 0 Å². The number of urea groups is 1. The first-order valence-corrected chi connectivity index (χ1v) is 11.5. The zero-order valence-corrected chi connectivity index (χ0v) is 19.3. The number of halogens is 2. The maximum Gasteiger partial charge on any atom is 0.320 e. The van der Waals surface area contributed by atoms with Gasteiger partial charge in [0, 0.05) is 61.2 Å². The quantitative estimate of drug-likeness (QED) is 0.506. The first-order chi connectivity index (χ1) is 15.6. The van der Waals surface area contributed by atoms with Gasteiger partial charge in [-0.1, -0.05) is 47.5 Å². The first-order valence-electron chi connectivity index (χ1n) is 10.7. The van der Waals surface area contributed by atoms with Crippen molar-refractivity contribution in [2.75, 3.05) is 13.1 Å². The maximum absolute atomic E-state index is 13.5. The second-order valence-corrected chi connectivity index (χ2v) is 8.94. The number of amides is 2. The van der Waals surface area contributed by atoms with Crippen molar-refractivity contribution in [2.45, 2.75) is 32.1 Å². The SMILES string of the molecule is O=C(N(Cc1cccc(Cl)c1)Cc1cccc(Cl)c1)N1CC[C@@H](NCc2ccncc2)C1. The normalized spacial score (nSPS) is 15.7. The van der Waals surface area contributed by atoms with Crippen LogP contribution in [0.2, 0.25) is 10.0 Å². The molecule has 0 unspecified atom stereocenters. The van der Waals surface area contributed by atoms with E-state index in [1.165, 1.54) is 5.56 Å². The summed E-state index contributed by atoms with van der Waals surface area (Å²) in [5.41, 5.74) is 3.19. The number of nitrogens with one attached hydrogen (secondary N) is 1. The first kappa shape index (κ1) is 22.6. The molecule has 0 radical (unpaired) electrons. The highest BCUT2D eigenvalue weighted by Gasteiger charge is 2.29. The molecule has 1 aliphatic rings. The summed E-state index contributed by atoms with van der Waals surface area (Å²) in [5.74, 6) is 0. The Morgan fingerprint density at radius 2 is 1.59 bits per heavy atom. The second-order valence-electron chi connectivity index (χ2n) is 8.07. The Kier molecular flexibility index (Phi) is 7.63. The molecule has 1 aromatic heterocycles. The number of benzene rings is 2. The van der Waals surface area contributed by atoms with Gasteiger partial charge in [-0.05, 0) is 59.5 Å². The summed E-state index contributed by atoms with van der Waals surface area (Å²) in [6.07, 6.45) is 4.52. The molecule has 1 fully saturated rings. The fourth-order valence-electron chi connectivity index (χ4n) is 3.97. The van der Waals surface area contributed by atoms with E-state index in [1.54, 1.807) is 12.4 Å². The van der Waals surface area contributed by atoms with Gasteiger partial charge < -0.3 is 15.1 Å². The fraction of sp³-hybridized carbons (Fsp3) is 0.280. The van der Waals surface area contributed by atoms with Gasteiger partial charge in [0.1, 0.15) is 0 Å². The highest BCUT2D eigenvalue weighted by atomic mass is 35.5. The standard InChI is InChI=1S/C25H26Cl2N4O/c26-22-5-1-3-20(13-22)16-31(17-21-4-2-6-23(27)14-21)25(32)30-12-9-24(18-30)29-15-19-7-10-28-11-8-19/h1-8,10-11,13-14,24,29H,9,12,15-18H2/t24-/m1/s1. The number of likely N-dealkylation sites (tertiary alicyclic amines) is 1. The van der Waals surface area contributed by atoms with E-state index in [0.29, 0.717) is 29.7 Å². The summed E-state index contributed by atoms with van der Waals surface area (Å²) in [6.45, 7) is 3.15. The van der Waals surface area contributed by atoms with Crippen LogP contribution in [0.25, 0.3) is 0 Å². The molecule has 1 atom stereocenters. The Morgan fingerprint density at radius 1 is 0.969 bits per heavy atom. The lowest BCUT2D eigenvalue weighted by molar-refractivity contribution is 0.156. The molecule has 1 saturated heterocycles. The van der Waals surface area contributed by atoms with Crippen LogP contribution in [0.5, 0.6) is 0 Å². The third-order valence-electron chi connectivity index (χ3n) is 5.60. The zero-order valence-electron chi connectivity index (χ0n) is 17.8. The molecule has 2 amide bonds. The van der Waals surface area contributed by atoms with Gasteiger partial charge in [0.05, 0.1) is 0 Å². The van der Waals surface area contributed by atoms with Gasteiger partial charge in [-0.25, -0.2) is 4.79 Å². The predicted octanol–water partition coefficient (Wildman–Crippen LogP) is 5.37. The van der Waals surface area contributed by atoms with Crippen LogP contribution in [0.4, 0.5) is 4.79 Å². The van der Waals surface area contributed by atoms with Crippen LogP contribution >= 0.6 is 23.2 Å². The van der Waals surface area contributed by atoms with Crippen molar-refractivity contribution in [1.29, 1.82) is 0 Å². The molecule has 2 heterocycles. The molecule has 0 spiro atoms. The van der Waals surface area contributed by atoms with Gasteiger partial charge in [-0.2, -0.15) is 0 Å². The highest BCUT2D eigenvalue weighted by Crippen LogP contribution is 2.20. The van der Waals surface area contributed by atoms with Crippen molar-refractivity contribution in [2.24, 2.45) is 0 Å². The van der Waals surface area contributed by atoms with Crippen molar-refractivity contribution in [1.82, 2.24) is 20.1 Å². The van der Waals surface area contributed by atoms with E-state index >= 15 is 0 Å². The Balaban J connectivity index is 1.43. The minimum Gasteiger partial charge on any atom is -0.323 e. The van der Waals surface area contributed by atoms with Gasteiger partial charge in [0.25, 0.3) is 0 Å². The Bertz CT molecular complexity index is 999. The molecule has 1 aliphatic heterocycles. The number of pyridine rings is 1. The monoisotopic (exact) mass is 468 g/mol. The maximum atomic E-state index is 13.5. The number of aromatic nitrogens is 1. The number of nitrogens with zero attached hydrogens (tertiary/aromatic N) is 3. The van der Waals surface area contributed by atoms with Crippen LogP contribution in [-0.4, -0.2) is 39.9 Å². The van der Waals surface area contributed by atoms with Gasteiger partial charge in [0.2, 0.25) is 0 Å². The lowest BCUT2D eigenvalue weighted by Crippen LogP contribution is -2.43. The molecule has 1 N–H and O–H groups in total. The molecule has 0 bridgehead atoms. The molecule has 2 aromatic carbocycles. The molecule has 4 rings (SSSR count). The second kappa shape index (κ2) is 10.8. The highest BCUT2D eigenvalue weighted by molar-refractivity contribution is 6.30. The van der Waals surface area contributed by atoms with Crippen LogP contribution in [0.1, 0.15) is 23.1 Å². The third kappa shape index (κ3) is 6.22. The number of hydrogen-bond donors (Lipinski definition) is 1. The fourth-order valence-corrected chi connectivity index (χ4v) is 4.39. The number of carbonyl (C=O) groups excluding carboxylic acids is 1. The van der Waals surface area contributed by atoms with Crippen molar-refractivity contribution in [3.63, 3.8) is 0 Å². The average molecular weight is 469 g/mol. The van der Waals surface area contributed by atoms with Crippen LogP contribution in [0.15, 0.2) is 73.1 Å². The van der Waals surface area contributed by atoms with Crippen molar-refractivity contribution < 1.29 is 4.79 Å². The zero-order chi connectivity index (χ0) is 22.3. The smallest absolute Gasteiger partial charge is 0.320 e. The summed E-state index contributed by atoms with van der Waals surface area (Å²) in [6, 6.07) is 19.6. The Morgan fingerprint density at radius 3 is 2.19 bits per heavy atom. The minimum absolute atomic E-state index is 0.0261. The predicted molar refractivity (Wildman–Crippen MR) is 129 cm³/mol. The molecule has 32 heavy (non-hydrogen) atoms. The molecule has 0 aliphatic carbocycles. The largest absolute Gasteiger partial charge is 0.323 e. The topological polar surface area (TPSA) is 48.5 Å². The van der Waals surface area contributed by atoms with E-state index in [4.69, 9.17) is 23.2 Å². The minimum atomic E-state index is 0.0261. The number of rotatable bonds is 7. The van der Waals surface area contributed by atoms with Gasteiger partial charge in [-0.3, -0.25) is 4.98 Å². The molecular weight excluding hydrogens is 443 g/mol. The summed E-state index contributed by atoms with van der Waals surface area (Å²) in [5, 5.41) is 4.89. The van der Waals surface area contributed by atoms with E-state index < -0.39 is 0 Å². The molecule has 166 valence electrons. The van der Waals surface area contributed by atoms with Crippen molar-refractivity contribution in [3.05, 3.63) is 99.8 Å². The Hall–Kier alpha value is -2.60. The van der Waals surface area contributed by atoms with Gasteiger partial charge in [-0.15, -0.1) is 0 Å². The molecular formula is C25H26Cl2N4O. The van der Waals surface area contributed by atoms with E-state index in [9.17, 15) is 4.79 Å². The summed E-state index contributed by atoms with van der Waals surface area (Å²) in [7, 11) is 0. The third-order valence-corrected chi connectivity index (χ3v) is 6.07. The summed E-state index contributed by atoms with van der Waals surface area (Å²) >= 11 is 12.4.